The molecular weight excluding hydrogens is 356 g/mol. The van der Waals surface area contributed by atoms with Gasteiger partial charge in [-0.3, -0.25) is 4.90 Å². The van der Waals surface area contributed by atoms with Crippen molar-refractivity contribution in [1.29, 1.82) is 0 Å². The van der Waals surface area contributed by atoms with Crippen LogP contribution in [0.1, 0.15) is 5.56 Å². The zero-order valence-corrected chi connectivity index (χ0v) is 16.8. The molecule has 0 N–H and O–H groups in total. The van der Waals surface area contributed by atoms with E-state index < -0.39 is 0 Å². The molecule has 0 bridgehead atoms. The van der Waals surface area contributed by atoms with E-state index in [1.807, 2.05) is 7.05 Å². The van der Waals surface area contributed by atoms with E-state index in [-0.39, 0.29) is 0 Å². The number of benzene rings is 2. The Morgan fingerprint density at radius 1 is 1.00 bits per heavy atom. The van der Waals surface area contributed by atoms with E-state index in [9.17, 15) is 0 Å². The van der Waals surface area contributed by atoms with Crippen LogP contribution in [0.3, 0.4) is 0 Å². The van der Waals surface area contributed by atoms with E-state index in [2.05, 4.69) is 74.5 Å². The first kappa shape index (κ1) is 18.2. The molecule has 3 aromatic rings. The van der Waals surface area contributed by atoms with Crippen molar-refractivity contribution in [1.82, 2.24) is 14.0 Å². The van der Waals surface area contributed by atoms with Gasteiger partial charge in [0.2, 0.25) is 0 Å². The summed E-state index contributed by atoms with van der Waals surface area (Å²) < 4.78 is 10.6. The fraction of sp³-hybridized carbons (Fsp3) is 0.381. The predicted molar refractivity (Wildman–Crippen MR) is 113 cm³/mol. The third-order valence-electron chi connectivity index (χ3n) is 5.20. The first-order chi connectivity index (χ1) is 13.1. The Kier molecular flexibility index (Phi) is 5.29. The molecule has 1 aliphatic heterocycles. The van der Waals surface area contributed by atoms with Gasteiger partial charge in [0.1, 0.15) is 0 Å². The van der Waals surface area contributed by atoms with Crippen LogP contribution in [-0.2, 0) is 25.0 Å². The van der Waals surface area contributed by atoms with E-state index in [0.29, 0.717) is 0 Å². The molecule has 5 nitrogen and oxygen atoms in total. The summed E-state index contributed by atoms with van der Waals surface area (Å²) in [6.45, 7) is 5.23. The number of ether oxygens (including phenoxy) is 1. The lowest BCUT2D eigenvalue weighted by atomic mass is 10.2. The Morgan fingerprint density at radius 2 is 1.67 bits per heavy atom. The van der Waals surface area contributed by atoms with Gasteiger partial charge in [-0.2, -0.15) is 0 Å². The molecule has 0 aliphatic carbocycles. The molecule has 27 heavy (non-hydrogen) atoms. The maximum atomic E-state index is 5.65. The van der Waals surface area contributed by atoms with Crippen molar-refractivity contribution < 1.29 is 4.74 Å². The third-order valence-corrected chi connectivity index (χ3v) is 5.69. The Morgan fingerprint density at radius 3 is 2.37 bits per heavy atom. The summed E-state index contributed by atoms with van der Waals surface area (Å²) >= 11 is 5.65. The first-order valence-corrected chi connectivity index (χ1v) is 9.79. The van der Waals surface area contributed by atoms with Crippen molar-refractivity contribution in [3.63, 3.8) is 0 Å². The van der Waals surface area contributed by atoms with Gasteiger partial charge in [-0.1, -0.05) is 24.3 Å². The first-order valence-electron chi connectivity index (χ1n) is 9.38. The number of imidazole rings is 1. The smallest absolute Gasteiger partial charge is 0.181 e. The molecule has 0 saturated carbocycles. The molecule has 4 rings (SSSR count). The number of hydrogen-bond donors (Lipinski definition) is 0. The minimum Gasteiger partial charge on any atom is -0.378 e. The van der Waals surface area contributed by atoms with E-state index in [1.54, 1.807) is 0 Å². The van der Waals surface area contributed by atoms with E-state index in [0.717, 1.165) is 44.3 Å². The highest BCUT2D eigenvalue weighted by Gasteiger charge is 2.12. The summed E-state index contributed by atoms with van der Waals surface area (Å²) in [5.74, 6) is 0. The maximum Gasteiger partial charge on any atom is 0.181 e. The van der Waals surface area contributed by atoms with E-state index in [4.69, 9.17) is 17.0 Å². The van der Waals surface area contributed by atoms with Crippen molar-refractivity contribution in [2.24, 2.45) is 7.05 Å². The van der Waals surface area contributed by atoms with Crippen molar-refractivity contribution in [3.8, 4) is 0 Å². The average Bonchev–Trinajstić information content (AvgIpc) is 2.94. The normalized spacial score (nSPS) is 15.0. The second-order valence-corrected chi connectivity index (χ2v) is 7.54. The van der Waals surface area contributed by atoms with Crippen LogP contribution in [0.15, 0.2) is 48.5 Å². The molecule has 142 valence electrons. The number of aromatic nitrogens is 2. The summed E-state index contributed by atoms with van der Waals surface area (Å²) in [6.07, 6.45) is 0. The number of anilines is 1. The van der Waals surface area contributed by atoms with E-state index >= 15 is 0 Å². The molecule has 2 heterocycles. The fourth-order valence-electron chi connectivity index (χ4n) is 3.74. The second-order valence-electron chi connectivity index (χ2n) is 7.18. The minimum atomic E-state index is 0.769. The molecule has 6 heteroatoms. The van der Waals surface area contributed by atoms with E-state index in [1.165, 1.54) is 22.3 Å². The van der Waals surface area contributed by atoms with Crippen molar-refractivity contribution in [2.45, 2.75) is 13.2 Å². The number of fused-ring (bicyclic) bond motifs is 1. The third kappa shape index (κ3) is 3.78. The lowest BCUT2D eigenvalue weighted by Gasteiger charge is -2.29. The van der Waals surface area contributed by atoms with Crippen LogP contribution in [0, 0.1) is 4.77 Å². The Labute approximate surface area is 165 Å². The van der Waals surface area contributed by atoms with Gasteiger partial charge in [0.15, 0.2) is 4.77 Å². The van der Waals surface area contributed by atoms with Crippen LogP contribution in [0.4, 0.5) is 5.69 Å². The van der Waals surface area contributed by atoms with Crippen LogP contribution < -0.4 is 4.90 Å². The number of aryl methyl sites for hydroxylation is 1. The zero-order chi connectivity index (χ0) is 18.8. The SMILES string of the molecule is CN(Cc1ccc(N2CCOCC2)cc1)Cn1c(=S)n(C)c2ccccc21. The molecule has 2 aromatic carbocycles. The predicted octanol–water partition coefficient (Wildman–Crippen LogP) is 3.64. The number of nitrogens with zero attached hydrogens (tertiary/aromatic N) is 4. The van der Waals surface area contributed by atoms with Gasteiger partial charge in [-0.15, -0.1) is 0 Å². The highest BCUT2D eigenvalue weighted by atomic mass is 32.1. The quantitative estimate of drug-likeness (QED) is 0.629. The van der Waals surface area contributed by atoms with Crippen molar-refractivity contribution in [3.05, 3.63) is 58.9 Å². The van der Waals surface area contributed by atoms with Crippen molar-refractivity contribution >= 4 is 28.9 Å². The largest absolute Gasteiger partial charge is 0.378 e. The van der Waals surface area contributed by atoms with Gasteiger partial charge in [0.25, 0.3) is 0 Å². The van der Waals surface area contributed by atoms with Crippen LogP contribution in [-0.4, -0.2) is 47.4 Å². The molecule has 0 unspecified atom stereocenters. The van der Waals surface area contributed by atoms with Crippen LogP contribution in [0.25, 0.3) is 11.0 Å². The molecular formula is C21H26N4OS. The molecule has 1 aromatic heterocycles. The highest BCUT2D eigenvalue weighted by Crippen LogP contribution is 2.19. The van der Waals surface area contributed by atoms with Gasteiger partial charge in [0, 0.05) is 32.4 Å². The Balaban J connectivity index is 1.46. The van der Waals surface area contributed by atoms with Crippen LogP contribution in [0.5, 0.6) is 0 Å². The molecule has 1 fully saturated rings. The molecule has 0 atom stereocenters. The zero-order valence-electron chi connectivity index (χ0n) is 16.0. The number of para-hydroxylation sites is 2. The highest BCUT2D eigenvalue weighted by molar-refractivity contribution is 7.71. The second kappa shape index (κ2) is 7.84. The van der Waals surface area contributed by atoms with Crippen molar-refractivity contribution in [2.75, 3.05) is 38.3 Å². The van der Waals surface area contributed by atoms with Gasteiger partial charge >= 0.3 is 0 Å². The number of rotatable bonds is 5. The molecule has 0 spiro atoms. The fourth-order valence-corrected chi connectivity index (χ4v) is 3.99. The summed E-state index contributed by atoms with van der Waals surface area (Å²) in [7, 11) is 4.17. The summed E-state index contributed by atoms with van der Waals surface area (Å²) in [5.41, 5.74) is 4.94. The van der Waals surface area contributed by atoms with Gasteiger partial charge in [-0.05, 0) is 49.1 Å². The van der Waals surface area contributed by atoms with Crippen LogP contribution in [0.2, 0.25) is 0 Å². The molecule has 1 aliphatic rings. The standard InChI is InChI=1S/C21H26N4OS/c1-22(16-25-20-6-4-3-5-19(20)23(2)21(25)27)15-17-7-9-18(10-8-17)24-11-13-26-14-12-24/h3-10H,11-16H2,1-2H3. The minimum absolute atomic E-state index is 0.769. The van der Waals surface area contributed by atoms with Gasteiger partial charge in [-0.25, -0.2) is 0 Å². The average molecular weight is 383 g/mol. The Hall–Kier alpha value is -2.15. The number of morpholine rings is 1. The topological polar surface area (TPSA) is 25.6 Å². The number of hydrogen-bond acceptors (Lipinski definition) is 4. The summed E-state index contributed by atoms with van der Waals surface area (Å²) in [6, 6.07) is 17.3. The maximum absolute atomic E-state index is 5.65. The lowest BCUT2D eigenvalue weighted by molar-refractivity contribution is 0.122. The van der Waals surface area contributed by atoms with Crippen LogP contribution >= 0.6 is 12.2 Å². The Bertz CT molecular complexity index is 970. The molecule has 0 amide bonds. The molecule has 0 radical (unpaired) electrons. The van der Waals surface area contributed by atoms with Gasteiger partial charge < -0.3 is 18.8 Å². The van der Waals surface area contributed by atoms with Gasteiger partial charge in [0.05, 0.1) is 30.9 Å². The lowest BCUT2D eigenvalue weighted by Crippen LogP contribution is -2.36. The monoisotopic (exact) mass is 382 g/mol. The summed E-state index contributed by atoms with van der Waals surface area (Å²) in [5, 5.41) is 0. The molecule has 1 saturated heterocycles. The summed E-state index contributed by atoms with van der Waals surface area (Å²) in [4.78, 5) is 4.68.